The molecule has 10 atom stereocenters. The van der Waals surface area contributed by atoms with E-state index in [1.165, 1.54) is 0 Å². The summed E-state index contributed by atoms with van der Waals surface area (Å²) in [5, 5.41) is 76.9. The lowest BCUT2D eigenvalue weighted by Crippen LogP contribution is -2.58. The first-order chi connectivity index (χ1) is 11.3. The lowest BCUT2D eigenvalue weighted by molar-refractivity contribution is -0.206. The normalized spacial score (nSPS) is 50.0. The molecule has 0 aliphatic carbocycles. The van der Waals surface area contributed by atoms with Crippen molar-refractivity contribution in [3.05, 3.63) is 0 Å². The Morgan fingerprint density at radius 3 is 1.17 bits per heavy atom. The van der Waals surface area contributed by atoms with E-state index >= 15 is 0 Å². The SMILES string of the molecule is OC[C@H]1O[C@@H](SS[C@@H]2O[C@H](CO)[C@H](O)[C@H](O)[C@H]2O)[C@H](O)[C@@H](O)[C@H]1O. The van der Waals surface area contributed by atoms with Crippen molar-refractivity contribution in [2.45, 2.75) is 59.7 Å². The molecule has 2 rings (SSSR count). The average molecular weight is 390 g/mol. The summed E-state index contributed by atoms with van der Waals surface area (Å²) in [6.07, 6.45) is -11.0. The van der Waals surface area contributed by atoms with E-state index in [1.807, 2.05) is 0 Å². The van der Waals surface area contributed by atoms with Crippen molar-refractivity contribution in [3.63, 3.8) is 0 Å². The predicted molar refractivity (Wildman–Crippen MR) is 82.7 cm³/mol. The zero-order chi connectivity index (χ0) is 18.0. The second kappa shape index (κ2) is 8.79. The molecule has 2 aliphatic rings. The molecule has 12 heteroatoms. The number of rotatable bonds is 5. The molecule has 0 spiro atoms. The van der Waals surface area contributed by atoms with E-state index in [0.29, 0.717) is 0 Å². The molecule has 2 saturated heterocycles. The first-order valence-corrected chi connectivity index (χ1v) is 9.52. The Balaban J connectivity index is 1.96. The van der Waals surface area contributed by atoms with Crippen LogP contribution in [0.15, 0.2) is 0 Å². The van der Waals surface area contributed by atoms with Gasteiger partial charge >= 0.3 is 0 Å². The summed E-state index contributed by atoms with van der Waals surface area (Å²) in [5.41, 5.74) is -2.09. The quantitative estimate of drug-likeness (QED) is 0.213. The van der Waals surface area contributed by atoms with E-state index in [2.05, 4.69) is 0 Å². The van der Waals surface area contributed by atoms with Crippen LogP contribution in [-0.4, -0.2) is 114 Å². The van der Waals surface area contributed by atoms with Crippen molar-refractivity contribution in [2.24, 2.45) is 0 Å². The van der Waals surface area contributed by atoms with Crippen molar-refractivity contribution in [3.8, 4) is 0 Å². The number of hydrogen-bond acceptors (Lipinski definition) is 12. The maximum absolute atomic E-state index is 9.93. The fourth-order valence-corrected chi connectivity index (χ4v) is 5.16. The van der Waals surface area contributed by atoms with Crippen molar-refractivity contribution in [2.75, 3.05) is 13.2 Å². The summed E-state index contributed by atoms with van der Waals surface area (Å²) in [6.45, 7) is -1.13. The highest BCUT2D eigenvalue weighted by Gasteiger charge is 2.47. The standard InChI is InChI=1S/C12H22O10S2/c13-1-3-5(15)7(17)9(19)11(21-3)23-24-12-10(20)8(18)6(16)4(2-14)22-12/h3-20H,1-2H2/t3-,4-,5+,6+,7+,8+,9-,10-,11+,12+/m1/s1. The Morgan fingerprint density at radius 1 is 0.542 bits per heavy atom. The monoisotopic (exact) mass is 390 g/mol. The summed E-state index contributed by atoms with van der Waals surface area (Å²) in [6, 6.07) is 0. The molecule has 142 valence electrons. The first kappa shape index (κ1) is 20.6. The minimum absolute atomic E-state index is 0.563. The maximum atomic E-state index is 9.93. The summed E-state index contributed by atoms with van der Waals surface area (Å²) < 4.78 is 10.6. The van der Waals surface area contributed by atoms with Gasteiger partial charge in [0.25, 0.3) is 0 Å². The highest BCUT2D eigenvalue weighted by Crippen LogP contribution is 2.41. The second-order valence-electron chi connectivity index (χ2n) is 5.59. The molecule has 0 saturated carbocycles. The van der Waals surface area contributed by atoms with Crippen LogP contribution in [0.5, 0.6) is 0 Å². The molecule has 10 nitrogen and oxygen atoms in total. The minimum Gasteiger partial charge on any atom is -0.394 e. The highest BCUT2D eigenvalue weighted by molar-refractivity contribution is 8.77. The summed E-state index contributed by atoms with van der Waals surface area (Å²) in [4.78, 5) is 0. The Bertz CT molecular complexity index is 364. The van der Waals surface area contributed by atoms with Crippen molar-refractivity contribution < 1.29 is 50.3 Å². The molecule has 2 heterocycles. The number of ether oxygens (including phenoxy) is 2. The lowest BCUT2D eigenvalue weighted by Gasteiger charge is -2.42. The molecular weight excluding hydrogens is 368 g/mol. The fourth-order valence-electron chi connectivity index (χ4n) is 2.40. The van der Waals surface area contributed by atoms with Gasteiger partial charge in [-0.1, -0.05) is 21.6 Å². The number of aliphatic hydroxyl groups is 8. The average Bonchev–Trinajstić information content (AvgIpc) is 2.58. The van der Waals surface area contributed by atoms with Gasteiger partial charge in [-0.2, -0.15) is 0 Å². The van der Waals surface area contributed by atoms with E-state index in [-0.39, 0.29) is 0 Å². The van der Waals surface area contributed by atoms with Gasteiger partial charge in [-0.05, 0) is 0 Å². The molecule has 8 N–H and O–H groups in total. The smallest absolute Gasteiger partial charge is 0.142 e. The third-order valence-corrected chi connectivity index (χ3v) is 6.68. The van der Waals surface area contributed by atoms with Crippen molar-refractivity contribution in [1.82, 2.24) is 0 Å². The van der Waals surface area contributed by atoms with E-state index in [9.17, 15) is 30.6 Å². The minimum atomic E-state index is -1.52. The third kappa shape index (κ3) is 4.16. The summed E-state index contributed by atoms with van der Waals surface area (Å²) >= 11 is 0. The van der Waals surface area contributed by atoms with Crippen LogP contribution in [0.1, 0.15) is 0 Å². The van der Waals surface area contributed by atoms with E-state index in [0.717, 1.165) is 21.6 Å². The van der Waals surface area contributed by atoms with Gasteiger partial charge in [0.15, 0.2) is 0 Å². The topological polar surface area (TPSA) is 180 Å². The fraction of sp³-hybridized carbons (Fsp3) is 1.00. The molecule has 0 aromatic heterocycles. The van der Waals surface area contributed by atoms with Crippen LogP contribution in [-0.2, 0) is 9.47 Å². The van der Waals surface area contributed by atoms with Crippen LogP contribution in [0.2, 0.25) is 0 Å². The largest absolute Gasteiger partial charge is 0.394 e. The molecule has 0 radical (unpaired) electrons. The summed E-state index contributed by atoms with van der Waals surface area (Å²) in [7, 11) is 1.72. The van der Waals surface area contributed by atoms with Gasteiger partial charge in [-0.3, -0.25) is 0 Å². The van der Waals surface area contributed by atoms with Crippen molar-refractivity contribution >= 4 is 21.6 Å². The molecule has 0 amide bonds. The summed E-state index contributed by atoms with van der Waals surface area (Å²) in [5.74, 6) is 0. The lowest BCUT2D eigenvalue weighted by atomic mass is 10.0. The van der Waals surface area contributed by atoms with Crippen molar-refractivity contribution in [1.29, 1.82) is 0 Å². The highest BCUT2D eigenvalue weighted by atomic mass is 33.1. The number of hydrogen-bond donors (Lipinski definition) is 8. The molecular formula is C12H22O10S2. The van der Waals surface area contributed by atoms with Gasteiger partial charge < -0.3 is 50.3 Å². The molecule has 0 aromatic rings. The zero-order valence-corrected chi connectivity index (χ0v) is 14.0. The Labute approximate surface area is 145 Å². The Morgan fingerprint density at radius 2 is 0.875 bits per heavy atom. The van der Waals surface area contributed by atoms with Gasteiger partial charge in [0, 0.05) is 0 Å². The third-order valence-electron chi connectivity index (χ3n) is 3.94. The molecule has 0 unspecified atom stereocenters. The molecule has 0 bridgehead atoms. The van der Waals surface area contributed by atoms with Crippen LogP contribution in [0.3, 0.4) is 0 Å². The molecule has 2 fully saturated rings. The van der Waals surface area contributed by atoms with Crippen LogP contribution >= 0.6 is 21.6 Å². The van der Waals surface area contributed by atoms with Gasteiger partial charge in [-0.15, -0.1) is 0 Å². The Kier molecular flexibility index (Phi) is 7.55. The van der Waals surface area contributed by atoms with E-state index in [4.69, 9.17) is 19.7 Å². The molecule has 24 heavy (non-hydrogen) atoms. The Hall–Kier alpha value is 0.300. The zero-order valence-electron chi connectivity index (χ0n) is 12.4. The van der Waals surface area contributed by atoms with Gasteiger partial charge in [0.2, 0.25) is 0 Å². The van der Waals surface area contributed by atoms with Crippen LogP contribution in [0, 0.1) is 0 Å². The maximum Gasteiger partial charge on any atom is 0.142 e. The predicted octanol–water partition coefficient (Wildman–Crippen LogP) is -4.03. The van der Waals surface area contributed by atoms with Crippen LogP contribution < -0.4 is 0 Å². The van der Waals surface area contributed by atoms with E-state index in [1.54, 1.807) is 0 Å². The molecule has 0 aromatic carbocycles. The number of aliphatic hydroxyl groups excluding tert-OH is 8. The first-order valence-electron chi connectivity index (χ1n) is 7.25. The van der Waals surface area contributed by atoms with Gasteiger partial charge in [-0.25, -0.2) is 0 Å². The van der Waals surface area contributed by atoms with Crippen LogP contribution in [0.4, 0.5) is 0 Å². The van der Waals surface area contributed by atoms with E-state index < -0.39 is 72.9 Å². The van der Waals surface area contributed by atoms with Gasteiger partial charge in [0.05, 0.1) is 13.2 Å². The van der Waals surface area contributed by atoms with Crippen LogP contribution in [0.25, 0.3) is 0 Å². The molecule has 2 aliphatic heterocycles. The van der Waals surface area contributed by atoms with Gasteiger partial charge in [0.1, 0.15) is 59.7 Å². The second-order valence-corrected chi connectivity index (χ2v) is 8.06.